The Bertz CT molecular complexity index is 1170. The lowest BCUT2D eigenvalue weighted by Gasteiger charge is -2.09. The largest absolute Gasteiger partial charge is 0.481 e. The highest BCUT2D eigenvalue weighted by atomic mass is 32.2. The predicted octanol–water partition coefficient (Wildman–Crippen LogP) is 2.41. The molecule has 0 radical (unpaired) electrons. The number of amides is 1. The van der Waals surface area contributed by atoms with Gasteiger partial charge < -0.3 is 10.1 Å². The van der Waals surface area contributed by atoms with Crippen LogP contribution in [0.25, 0.3) is 0 Å². The second-order valence-corrected chi connectivity index (χ2v) is 7.40. The fraction of sp³-hybridized carbons (Fsp3) is 0.0526. The van der Waals surface area contributed by atoms with E-state index in [-0.39, 0.29) is 22.5 Å². The zero-order valence-corrected chi connectivity index (χ0v) is 16.0. The van der Waals surface area contributed by atoms with Crippen molar-refractivity contribution in [1.29, 1.82) is 5.26 Å². The number of hydrogen-bond donors (Lipinski definition) is 2. The molecule has 0 unspecified atom stereocenters. The van der Waals surface area contributed by atoms with Gasteiger partial charge in [0.25, 0.3) is 15.9 Å². The van der Waals surface area contributed by atoms with Gasteiger partial charge in [-0.05, 0) is 48.5 Å². The zero-order valence-electron chi connectivity index (χ0n) is 15.2. The number of nitrogens with zero attached hydrogens (tertiary/aromatic N) is 3. The van der Waals surface area contributed by atoms with Crippen molar-refractivity contribution in [2.75, 3.05) is 17.1 Å². The van der Waals surface area contributed by atoms with Crippen LogP contribution in [-0.2, 0) is 10.0 Å². The van der Waals surface area contributed by atoms with Gasteiger partial charge in [-0.15, -0.1) is 0 Å². The molecule has 10 heteroatoms. The number of rotatable bonds is 6. The Hall–Kier alpha value is -3.97. The van der Waals surface area contributed by atoms with E-state index in [0.717, 1.165) is 0 Å². The number of carbonyl (C=O) groups is 1. The van der Waals surface area contributed by atoms with Crippen molar-refractivity contribution in [2.24, 2.45) is 0 Å². The number of ether oxygens (including phenoxy) is 1. The van der Waals surface area contributed by atoms with Crippen molar-refractivity contribution in [2.45, 2.75) is 4.90 Å². The Balaban J connectivity index is 1.71. The summed E-state index contributed by atoms with van der Waals surface area (Å²) in [5.41, 5.74) is 1.24. The van der Waals surface area contributed by atoms with Gasteiger partial charge in [0.1, 0.15) is 12.1 Å². The number of methoxy groups -OCH3 is 1. The summed E-state index contributed by atoms with van der Waals surface area (Å²) in [6.45, 7) is 0. The van der Waals surface area contributed by atoms with Gasteiger partial charge in [-0.25, -0.2) is 18.4 Å². The Morgan fingerprint density at radius 1 is 1.07 bits per heavy atom. The maximum Gasteiger partial charge on any atom is 0.263 e. The number of carbonyl (C=O) groups excluding carboxylic acids is 1. The molecule has 1 amide bonds. The molecule has 0 aliphatic carbocycles. The number of nitriles is 1. The van der Waals surface area contributed by atoms with Crippen molar-refractivity contribution in [3.63, 3.8) is 0 Å². The summed E-state index contributed by atoms with van der Waals surface area (Å²) in [5, 5.41) is 11.5. The first-order chi connectivity index (χ1) is 13.9. The number of sulfonamides is 1. The van der Waals surface area contributed by atoms with E-state index >= 15 is 0 Å². The van der Waals surface area contributed by atoms with Crippen molar-refractivity contribution >= 4 is 27.4 Å². The lowest BCUT2D eigenvalue weighted by molar-refractivity contribution is 0.102. The van der Waals surface area contributed by atoms with Gasteiger partial charge in [-0.1, -0.05) is 0 Å². The van der Waals surface area contributed by atoms with E-state index in [2.05, 4.69) is 20.0 Å². The topological polar surface area (TPSA) is 134 Å². The Kier molecular flexibility index (Phi) is 5.71. The highest BCUT2D eigenvalue weighted by Crippen LogP contribution is 2.19. The van der Waals surface area contributed by atoms with Crippen molar-refractivity contribution in [3.8, 4) is 11.9 Å². The van der Waals surface area contributed by atoms with Gasteiger partial charge in [0, 0.05) is 17.3 Å². The molecule has 2 N–H and O–H groups in total. The van der Waals surface area contributed by atoms with Crippen LogP contribution >= 0.6 is 0 Å². The summed E-state index contributed by atoms with van der Waals surface area (Å²) in [6, 6.07) is 15.1. The highest BCUT2D eigenvalue weighted by molar-refractivity contribution is 7.92. The first kappa shape index (κ1) is 19.8. The third-order valence-corrected chi connectivity index (χ3v) is 5.16. The second kappa shape index (κ2) is 8.37. The smallest absolute Gasteiger partial charge is 0.263 e. The van der Waals surface area contributed by atoms with Gasteiger partial charge >= 0.3 is 0 Å². The van der Waals surface area contributed by atoms with Crippen molar-refractivity contribution < 1.29 is 17.9 Å². The van der Waals surface area contributed by atoms with E-state index < -0.39 is 10.0 Å². The van der Waals surface area contributed by atoms with Crippen molar-refractivity contribution in [3.05, 3.63) is 72.1 Å². The molecule has 2 aromatic carbocycles. The molecule has 9 nitrogen and oxygen atoms in total. The third-order valence-electron chi connectivity index (χ3n) is 3.79. The lowest BCUT2D eigenvalue weighted by atomic mass is 10.1. The van der Waals surface area contributed by atoms with Crippen LogP contribution in [0.5, 0.6) is 5.88 Å². The van der Waals surface area contributed by atoms with E-state index in [0.29, 0.717) is 16.8 Å². The standard InChI is InChI=1S/C19H15N5O4S/c1-28-18-10-17(21-12-22-18)24-29(26,27)16-8-6-15(7-9-16)23-19(25)14-4-2-13(11-20)3-5-14/h2-10,12H,1H3,(H,23,25)(H,21,22,24). The number of nitrogens with one attached hydrogen (secondary N) is 2. The number of anilines is 2. The molecule has 0 fully saturated rings. The molecule has 0 saturated carbocycles. The van der Waals surface area contributed by atoms with Gasteiger partial charge in [-0.3, -0.25) is 9.52 Å². The SMILES string of the molecule is COc1cc(NS(=O)(=O)c2ccc(NC(=O)c3ccc(C#N)cc3)cc2)ncn1. The molecule has 3 rings (SSSR count). The normalized spacial score (nSPS) is 10.6. The van der Waals surface area contributed by atoms with Crippen LogP contribution in [0.4, 0.5) is 11.5 Å². The predicted molar refractivity (Wildman–Crippen MR) is 105 cm³/mol. The minimum atomic E-state index is -3.88. The number of aromatic nitrogens is 2. The summed E-state index contributed by atoms with van der Waals surface area (Å²) in [7, 11) is -2.47. The average Bonchev–Trinajstić information content (AvgIpc) is 2.74. The fourth-order valence-corrected chi connectivity index (χ4v) is 3.32. The van der Waals surface area contributed by atoms with E-state index in [1.54, 1.807) is 12.1 Å². The summed E-state index contributed by atoms with van der Waals surface area (Å²) < 4.78 is 32.2. The van der Waals surface area contributed by atoms with Crippen LogP contribution in [-0.4, -0.2) is 31.4 Å². The maximum absolute atomic E-state index is 12.5. The zero-order chi connectivity index (χ0) is 20.9. The molecule has 0 saturated heterocycles. The lowest BCUT2D eigenvalue weighted by Crippen LogP contribution is -2.15. The first-order valence-electron chi connectivity index (χ1n) is 8.22. The van der Waals surface area contributed by atoms with Gasteiger partial charge in [0.15, 0.2) is 0 Å². The molecular formula is C19H15N5O4S. The molecule has 1 heterocycles. The molecule has 1 aromatic heterocycles. The van der Waals surface area contributed by atoms with Crippen molar-refractivity contribution in [1.82, 2.24) is 9.97 Å². The second-order valence-electron chi connectivity index (χ2n) is 5.72. The molecule has 29 heavy (non-hydrogen) atoms. The molecular weight excluding hydrogens is 394 g/mol. The molecule has 3 aromatic rings. The quantitative estimate of drug-likeness (QED) is 0.638. The van der Waals surface area contributed by atoms with Gasteiger partial charge in [0.2, 0.25) is 5.88 Å². The van der Waals surface area contributed by atoms with Crippen LogP contribution < -0.4 is 14.8 Å². The summed E-state index contributed by atoms with van der Waals surface area (Å²) in [4.78, 5) is 19.9. The maximum atomic E-state index is 12.5. The molecule has 0 atom stereocenters. The Morgan fingerprint density at radius 3 is 2.38 bits per heavy atom. The van der Waals surface area contributed by atoms with Gasteiger partial charge in [-0.2, -0.15) is 5.26 Å². The van der Waals surface area contributed by atoms with Crippen LogP contribution in [0.15, 0.2) is 65.8 Å². The van der Waals surface area contributed by atoms with Crippen LogP contribution in [0.1, 0.15) is 15.9 Å². The summed E-state index contributed by atoms with van der Waals surface area (Å²) in [5.74, 6) is -0.0927. The minimum Gasteiger partial charge on any atom is -0.481 e. The van der Waals surface area contributed by atoms with Crippen LogP contribution in [0, 0.1) is 11.3 Å². The van der Waals surface area contributed by atoms with Gasteiger partial charge in [0.05, 0.1) is 23.6 Å². The van der Waals surface area contributed by atoms with E-state index in [9.17, 15) is 13.2 Å². The molecule has 146 valence electrons. The fourth-order valence-electron chi connectivity index (χ4n) is 2.32. The van der Waals surface area contributed by atoms with E-state index in [1.807, 2.05) is 6.07 Å². The highest BCUT2D eigenvalue weighted by Gasteiger charge is 2.16. The van der Waals surface area contributed by atoms with Crippen LogP contribution in [0.3, 0.4) is 0 Å². The summed E-state index contributed by atoms with van der Waals surface area (Å²) in [6.07, 6.45) is 1.18. The van der Waals surface area contributed by atoms with Crippen LogP contribution in [0.2, 0.25) is 0 Å². The number of hydrogen-bond acceptors (Lipinski definition) is 7. The van der Waals surface area contributed by atoms with E-state index in [4.69, 9.17) is 10.00 Å². The minimum absolute atomic E-state index is 0.00792. The molecule has 0 aliphatic heterocycles. The Labute approximate surface area is 167 Å². The molecule has 0 aliphatic rings. The third kappa shape index (κ3) is 4.85. The van der Waals surface area contributed by atoms with E-state index in [1.165, 1.54) is 55.9 Å². The summed E-state index contributed by atoms with van der Waals surface area (Å²) >= 11 is 0. The number of benzene rings is 2. The first-order valence-corrected chi connectivity index (χ1v) is 9.70. The molecule has 0 bridgehead atoms. The molecule has 0 spiro atoms. The average molecular weight is 409 g/mol. The monoisotopic (exact) mass is 409 g/mol. The Morgan fingerprint density at radius 2 is 1.76 bits per heavy atom.